The Morgan fingerprint density at radius 3 is 2.71 bits per heavy atom. The molecule has 0 spiro atoms. The molecule has 0 amide bonds. The Morgan fingerprint density at radius 2 is 2.10 bits per heavy atom. The number of methoxy groups -OCH3 is 1. The van der Waals surface area contributed by atoms with Crippen LogP contribution < -0.4 is 10.5 Å². The topological polar surface area (TPSA) is 76.1 Å². The first-order chi connectivity index (χ1) is 10.0. The van der Waals surface area contributed by atoms with Gasteiger partial charge < -0.3 is 10.5 Å². The van der Waals surface area contributed by atoms with Crippen LogP contribution in [-0.2, 0) is 16.6 Å². The molecule has 0 aliphatic heterocycles. The fourth-order valence-electron chi connectivity index (χ4n) is 1.85. The van der Waals surface area contributed by atoms with Crippen molar-refractivity contribution in [2.45, 2.75) is 10.6 Å². The molecule has 0 fully saturated rings. The third-order valence-electron chi connectivity index (χ3n) is 2.89. The van der Waals surface area contributed by atoms with E-state index in [2.05, 4.69) is 22.0 Å². The number of nitrogens with two attached hydrogens (primary N) is 1. The van der Waals surface area contributed by atoms with E-state index in [-0.39, 0.29) is 0 Å². The van der Waals surface area contributed by atoms with Crippen LogP contribution in [0, 0.1) is 11.3 Å². The molecule has 1 unspecified atom stereocenters. The minimum absolute atomic E-state index is 0.338. The van der Waals surface area contributed by atoms with Crippen molar-refractivity contribution in [3.8, 4) is 11.8 Å². The van der Waals surface area contributed by atoms with Gasteiger partial charge in [0, 0.05) is 10.2 Å². The maximum absolute atomic E-state index is 12.4. The van der Waals surface area contributed by atoms with Crippen molar-refractivity contribution >= 4 is 32.4 Å². The van der Waals surface area contributed by atoms with E-state index in [1.54, 1.807) is 36.4 Å². The van der Waals surface area contributed by atoms with Gasteiger partial charge >= 0.3 is 0 Å². The van der Waals surface area contributed by atoms with Crippen LogP contribution in [0.2, 0.25) is 0 Å². The number of hydrogen-bond donors (Lipinski definition) is 1. The first-order valence-corrected chi connectivity index (χ1v) is 8.16. The number of nitrogen functional groups attached to an aromatic ring is 1. The minimum Gasteiger partial charge on any atom is -0.495 e. The summed E-state index contributed by atoms with van der Waals surface area (Å²) >= 11 is 3.37. The number of rotatable bonds is 4. The second-order valence-electron chi connectivity index (χ2n) is 4.33. The number of halogens is 1. The number of hydrogen-bond acceptors (Lipinski definition) is 4. The summed E-state index contributed by atoms with van der Waals surface area (Å²) in [6.07, 6.45) is 0. The molecule has 2 aromatic carbocycles. The molecule has 2 aromatic rings. The number of ether oxygens (including phenoxy) is 1. The second-order valence-corrected chi connectivity index (χ2v) is 6.60. The van der Waals surface area contributed by atoms with Crippen molar-refractivity contribution in [3.05, 3.63) is 52.0 Å². The average Bonchev–Trinajstić information content (AvgIpc) is 2.46. The molecule has 0 radical (unpaired) electrons. The Morgan fingerprint density at radius 1 is 1.33 bits per heavy atom. The summed E-state index contributed by atoms with van der Waals surface area (Å²) < 4.78 is 18.3. The second kappa shape index (κ2) is 6.74. The third-order valence-corrected chi connectivity index (χ3v) is 5.25. The van der Waals surface area contributed by atoms with Gasteiger partial charge in [0.05, 0.1) is 34.1 Å². The summed E-state index contributed by atoms with van der Waals surface area (Å²) in [7, 11) is 0.293. The van der Waals surface area contributed by atoms with Crippen molar-refractivity contribution in [2.24, 2.45) is 0 Å². The summed E-state index contributed by atoms with van der Waals surface area (Å²) in [6.45, 7) is 0. The summed E-state index contributed by atoms with van der Waals surface area (Å²) in [6, 6.07) is 12.4. The predicted octanol–water partition coefficient (Wildman–Crippen LogP) is 3.22. The highest BCUT2D eigenvalue weighted by atomic mass is 79.9. The van der Waals surface area contributed by atoms with Gasteiger partial charge in [0.25, 0.3) is 0 Å². The maximum Gasteiger partial charge on any atom is 0.136 e. The van der Waals surface area contributed by atoms with E-state index in [4.69, 9.17) is 15.7 Å². The van der Waals surface area contributed by atoms with Crippen molar-refractivity contribution in [2.75, 3.05) is 12.8 Å². The Balaban J connectivity index is 2.26. The zero-order valence-electron chi connectivity index (χ0n) is 11.3. The van der Waals surface area contributed by atoms with Crippen LogP contribution >= 0.6 is 15.9 Å². The summed E-state index contributed by atoms with van der Waals surface area (Å²) in [5, 5.41) is 8.95. The highest BCUT2D eigenvalue weighted by Gasteiger charge is 2.11. The number of nitrogens with zero attached hydrogens (tertiary/aromatic N) is 1. The van der Waals surface area contributed by atoms with E-state index in [0.29, 0.717) is 27.6 Å². The Hall–Kier alpha value is -1.84. The minimum atomic E-state index is -1.21. The smallest absolute Gasteiger partial charge is 0.136 e. The SMILES string of the molecule is COc1cc(CS(=O)c2ccc(N)cc2Br)ccc1C#N. The average molecular weight is 365 g/mol. The molecular weight excluding hydrogens is 352 g/mol. The van der Waals surface area contributed by atoms with Gasteiger partial charge in [-0.1, -0.05) is 6.07 Å². The molecule has 0 heterocycles. The molecule has 21 heavy (non-hydrogen) atoms. The lowest BCUT2D eigenvalue weighted by Gasteiger charge is -2.08. The van der Waals surface area contributed by atoms with Crippen LogP contribution in [0.5, 0.6) is 5.75 Å². The van der Waals surface area contributed by atoms with E-state index in [0.717, 1.165) is 10.0 Å². The van der Waals surface area contributed by atoms with Gasteiger partial charge in [-0.15, -0.1) is 0 Å². The maximum atomic E-state index is 12.4. The molecule has 0 bridgehead atoms. The molecule has 0 aromatic heterocycles. The van der Waals surface area contributed by atoms with Gasteiger partial charge in [-0.3, -0.25) is 4.21 Å². The molecule has 1 atom stereocenters. The number of benzene rings is 2. The fourth-order valence-corrected chi connectivity index (χ4v) is 3.92. The van der Waals surface area contributed by atoms with Crippen molar-refractivity contribution in [1.82, 2.24) is 0 Å². The Bertz CT molecular complexity index is 741. The normalized spacial score (nSPS) is 11.7. The molecule has 2 rings (SSSR count). The van der Waals surface area contributed by atoms with Gasteiger partial charge in [0.1, 0.15) is 11.8 Å². The summed E-state index contributed by atoms with van der Waals surface area (Å²) in [5.74, 6) is 0.827. The number of nitriles is 1. The molecule has 4 nitrogen and oxygen atoms in total. The van der Waals surface area contributed by atoms with Crippen LogP contribution in [0.3, 0.4) is 0 Å². The van der Waals surface area contributed by atoms with Crippen molar-refractivity contribution < 1.29 is 8.95 Å². The lowest BCUT2D eigenvalue weighted by atomic mass is 10.1. The standard InChI is InChI=1S/C15H13BrN2O2S/c1-20-14-6-10(2-3-11(14)8-17)9-21(19)15-5-4-12(18)7-13(15)16/h2-7H,9,18H2,1H3. The molecule has 6 heteroatoms. The van der Waals surface area contributed by atoms with Crippen LogP contribution in [0.4, 0.5) is 5.69 Å². The van der Waals surface area contributed by atoms with Crippen LogP contribution in [0.25, 0.3) is 0 Å². The zero-order chi connectivity index (χ0) is 15.4. The fraction of sp³-hybridized carbons (Fsp3) is 0.133. The van der Waals surface area contributed by atoms with Crippen molar-refractivity contribution in [3.63, 3.8) is 0 Å². The molecule has 2 N–H and O–H groups in total. The van der Waals surface area contributed by atoms with Gasteiger partial charge in [-0.25, -0.2) is 0 Å². The summed E-state index contributed by atoms with van der Waals surface area (Å²) in [5.41, 5.74) is 7.59. The zero-order valence-corrected chi connectivity index (χ0v) is 13.7. The monoisotopic (exact) mass is 364 g/mol. The third kappa shape index (κ3) is 3.63. The van der Waals surface area contributed by atoms with Gasteiger partial charge in [0.15, 0.2) is 0 Å². The molecule has 0 saturated carbocycles. The van der Waals surface area contributed by atoms with Crippen LogP contribution in [0.15, 0.2) is 45.8 Å². The highest BCUT2D eigenvalue weighted by molar-refractivity contribution is 9.10. The van der Waals surface area contributed by atoms with E-state index >= 15 is 0 Å². The quantitative estimate of drug-likeness (QED) is 0.844. The van der Waals surface area contributed by atoms with E-state index in [9.17, 15) is 4.21 Å². The number of anilines is 1. The predicted molar refractivity (Wildman–Crippen MR) is 86.4 cm³/mol. The molecule has 0 saturated heterocycles. The van der Waals surface area contributed by atoms with Gasteiger partial charge in [-0.2, -0.15) is 5.26 Å². The van der Waals surface area contributed by atoms with Crippen molar-refractivity contribution in [1.29, 1.82) is 5.26 Å². The lowest BCUT2D eigenvalue weighted by molar-refractivity contribution is 0.413. The van der Waals surface area contributed by atoms with E-state index in [1.807, 2.05) is 0 Å². The largest absolute Gasteiger partial charge is 0.495 e. The first-order valence-electron chi connectivity index (χ1n) is 6.05. The lowest BCUT2D eigenvalue weighted by Crippen LogP contribution is -1.99. The molecule has 0 aliphatic carbocycles. The Labute approximate surface area is 134 Å². The molecule has 108 valence electrons. The molecular formula is C15H13BrN2O2S. The van der Waals surface area contributed by atoms with Gasteiger partial charge in [-0.05, 0) is 51.8 Å². The van der Waals surface area contributed by atoms with Crippen LogP contribution in [-0.4, -0.2) is 11.3 Å². The first kappa shape index (κ1) is 15.5. The Kier molecular flexibility index (Phi) is 4.99. The van der Waals surface area contributed by atoms with E-state index < -0.39 is 10.8 Å². The molecule has 0 aliphatic rings. The van der Waals surface area contributed by atoms with Gasteiger partial charge in [0.2, 0.25) is 0 Å². The summed E-state index contributed by atoms with van der Waals surface area (Å²) in [4.78, 5) is 0.688. The van der Waals surface area contributed by atoms with Crippen LogP contribution in [0.1, 0.15) is 11.1 Å². The highest BCUT2D eigenvalue weighted by Crippen LogP contribution is 2.26. The van der Waals surface area contributed by atoms with E-state index in [1.165, 1.54) is 7.11 Å².